The number of carbonyl (C=O) groups excluding carboxylic acids is 1. The molecular formula is C26H27ClF4N8O3. The highest BCUT2D eigenvalue weighted by atomic mass is 35.5. The molecule has 3 aromatic rings. The summed E-state index contributed by atoms with van der Waals surface area (Å²) in [6.07, 6.45) is -5.67. The predicted octanol–water partition coefficient (Wildman–Crippen LogP) is 3.08. The number of hydrogen-bond donors (Lipinski definition) is 2. The van der Waals surface area contributed by atoms with Gasteiger partial charge in [-0.3, -0.25) is 9.48 Å². The number of aromatic nitrogens is 4. The standard InChI is InChI=1S/C26H27ClF4N8O3/c1-41-25-34-16-7-18(19-14(26(29,30)31)3-4-15(33)21(19)28)42-11-13(16)23(35-25)37-5-2-6-39-17(10-37)20(27)22(36-39)24(40)38-8-12(32)9-38/h3-4,12,18H,2,5-11,32-33H2,1H3. The Morgan fingerprint density at radius 3 is 2.67 bits per heavy atom. The van der Waals surface area contributed by atoms with E-state index in [4.69, 9.17) is 32.5 Å². The Morgan fingerprint density at radius 2 is 1.98 bits per heavy atom. The van der Waals surface area contributed by atoms with Crippen LogP contribution in [0.4, 0.5) is 29.1 Å². The van der Waals surface area contributed by atoms with Crippen molar-refractivity contribution in [2.75, 3.05) is 37.4 Å². The van der Waals surface area contributed by atoms with E-state index in [0.717, 1.165) is 12.1 Å². The predicted molar refractivity (Wildman–Crippen MR) is 142 cm³/mol. The van der Waals surface area contributed by atoms with Gasteiger partial charge in [0.05, 0.1) is 54.0 Å². The molecule has 1 unspecified atom stereocenters. The van der Waals surface area contributed by atoms with Crippen molar-refractivity contribution in [2.24, 2.45) is 5.73 Å². The zero-order valence-corrected chi connectivity index (χ0v) is 23.2. The van der Waals surface area contributed by atoms with E-state index < -0.39 is 34.9 Å². The quantitative estimate of drug-likeness (QED) is 0.337. The van der Waals surface area contributed by atoms with Crippen LogP contribution in [0.2, 0.25) is 5.02 Å². The Kier molecular flexibility index (Phi) is 7.14. The molecule has 16 heteroatoms. The van der Waals surface area contributed by atoms with Gasteiger partial charge in [-0.2, -0.15) is 28.2 Å². The van der Waals surface area contributed by atoms with Crippen LogP contribution in [-0.4, -0.2) is 63.3 Å². The van der Waals surface area contributed by atoms with Crippen molar-refractivity contribution in [3.05, 3.63) is 56.7 Å². The molecule has 0 radical (unpaired) electrons. The third-order valence-electron chi connectivity index (χ3n) is 7.71. The second-order valence-electron chi connectivity index (χ2n) is 10.5. The molecule has 3 aliphatic rings. The van der Waals surface area contributed by atoms with Crippen LogP contribution in [0.25, 0.3) is 0 Å². The molecule has 1 aromatic carbocycles. The summed E-state index contributed by atoms with van der Waals surface area (Å²) in [5, 5.41) is 4.71. The Labute approximate surface area is 242 Å². The van der Waals surface area contributed by atoms with Gasteiger partial charge >= 0.3 is 12.2 Å². The van der Waals surface area contributed by atoms with E-state index in [2.05, 4.69) is 15.1 Å². The van der Waals surface area contributed by atoms with Crippen molar-refractivity contribution in [1.82, 2.24) is 24.6 Å². The minimum absolute atomic E-state index is 0.0117. The number of methoxy groups -OCH3 is 1. The monoisotopic (exact) mass is 610 g/mol. The van der Waals surface area contributed by atoms with E-state index in [-0.39, 0.29) is 48.2 Å². The molecule has 11 nitrogen and oxygen atoms in total. The number of nitrogens with zero attached hydrogens (tertiary/aromatic N) is 6. The molecule has 2 aromatic heterocycles. The van der Waals surface area contributed by atoms with Crippen LogP contribution in [0.5, 0.6) is 6.01 Å². The zero-order chi connectivity index (χ0) is 29.9. The van der Waals surface area contributed by atoms with Crippen LogP contribution in [0.1, 0.15) is 51.1 Å². The fraction of sp³-hybridized carbons (Fsp3) is 0.462. The van der Waals surface area contributed by atoms with Gasteiger partial charge in [0.1, 0.15) is 5.82 Å². The minimum atomic E-state index is -4.82. The van der Waals surface area contributed by atoms with E-state index in [1.165, 1.54) is 7.11 Å². The van der Waals surface area contributed by atoms with Crippen molar-refractivity contribution < 1.29 is 31.8 Å². The van der Waals surface area contributed by atoms with Gasteiger partial charge in [0.2, 0.25) is 0 Å². The number of likely N-dealkylation sites (tertiary alicyclic amines) is 1. The molecule has 0 saturated carbocycles. The summed E-state index contributed by atoms with van der Waals surface area (Å²) >= 11 is 6.68. The van der Waals surface area contributed by atoms with Crippen molar-refractivity contribution in [1.29, 1.82) is 0 Å². The minimum Gasteiger partial charge on any atom is -0.467 e. The number of nitrogens with two attached hydrogens (primary N) is 2. The topological polar surface area (TPSA) is 138 Å². The normalized spacial score (nSPS) is 19.2. The maximum Gasteiger partial charge on any atom is 0.416 e. The number of benzene rings is 1. The Hall–Kier alpha value is -3.69. The summed E-state index contributed by atoms with van der Waals surface area (Å²) in [7, 11) is 1.37. The molecule has 1 amide bonds. The molecule has 6 rings (SSSR count). The van der Waals surface area contributed by atoms with E-state index in [0.29, 0.717) is 55.4 Å². The second kappa shape index (κ2) is 10.5. The van der Waals surface area contributed by atoms with Gasteiger partial charge in [-0.1, -0.05) is 11.6 Å². The first-order valence-corrected chi connectivity index (χ1v) is 13.6. The largest absolute Gasteiger partial charge is 0.467 e. The second-order valence-corrected chi connectivity index (χ2v) is 10.8. The van der Waals surface area contributed by atoms with Gasteiger partial charge in [0, 0.05) is 49.8 Å². The molecule has 0 aliphatic carbocycles. The molecule has 1 saturated heterocycles. The van der Waals surface area contributed by atoms with Gasteiger partial charge in [-0.15, -0.1) is 0 Å². The van der Waals surface area contributed by atoms with Crippen LogP contribution < -0.4 is 21.1 Å². The first-order chi connectivity index (χ1) is 20.0. The fourth-order valence-electron chi connectivity index (χ4n) is 5.57. The lowest BCUT2D eigenvalue weighted by atomic mass is 9.94. The molecule has 0 spiro atoms. The molecular weight excluding hydrogens is 584 g/mol. The van der Waals surface area contributed by atoms with Crippen molar-refractivity contribution in [3.63, 3.8) is 0 Å². The summed E-state index contributed by atoms with van der Waals surface area (Å²) in [4.78, 5) is 25.4. The van der Waals surface area contributed by atoms with Gasteiger partial charge in [0.25, 0.3) is 5.91 Å². The van der Waals surface area contributed by atoms with E-state index in [1.807, 2.05) is 4.90 Å². The summed E-state index contributed by atoms with van der Waals surface area (Å²) in [5.74, 6) is -1.03. The van der Waals surface area contributed by atoms with Crippen molar-refractivity contribution in [2.45, 2.75) is 50.9 Å². The number of ether oxygens (including phenoxy) is 2. The summed E-state index contributed by atoms with van der Waals surface area (Å²) in [6, 6.07) is 1.55. The highest BCUT2D eigenvalue weighted by Crippen LogP contribution is 2.43. The number of rotatable bonds is 4. The number of amides is 1. The summed E-state index contributed by atoms with van der Waals surface area (Å²) in [5.41, 5.74) is 10.8. The molecule has 1 fully saturated rings. The number of aryl methyl sites for hydroxylation is 1. The number of alkyl halides is 3. The number of carbonyl (C=O) groups is 1. The first-order valence-electron chi connectivity index (χ1n) is 13.2. The van der Waals surface area contributed by atoms with Crippen molar-refractivity contribution >= 4 is 29.0 Å². The maximum absolute atomic E-state index is 15.0. The van der Waals surface area contributed by atoms with E-state index in [1.54, 1.807) is 9.58 Å². The van der Waals surface area contributed by atoms with E-state index >= 15 is 4.39 Å². The molecule has 1 atom stereocenters. The average Bonchev–Trinajstić information content (AvgIpc) is 3.10. The highest BCUT2D eigenvalue weighted by molar-refractivity contribution is 6.34. The lowest BCUT2D eigenvalue weighted by Crippen LogP contribution is -2.57. The Bertz CT molecular complexity index is 1560. The smallest absolute Gasteiger partial charge is 0.416 e. The molecule has 224 valence electrons. The lowest BCUT2D eigenvalue weighted by molar-refractivity contribution is -0.140. The zero-order valence-electron chi connectivity index (χ0n) is 22.4. The lowest BCUT2D eigenvalue weighted by Gasteiger charge is -2.36. The SMILES string of the molecule is COc1nc2c(c(N3CCCn4nc(C(=O)N5CC(N)C5)c(Cl)c4C3)n1)COC(c1c(C(F)(F)F)ccc(N)c1F)C2. The van der Waals surface area contributed by atoms with Crippen molar-refractivity contribution in [3.8, 4) is 6.01 Å². The molecule has 0 bridgehead atoms. The van der Waals surface area contributed by atoms with Gasteiger partial charge < -0.3 is 30.7 Å². The molecule has 5 heterocycles. The number of fused-ring (bicyclic) bond motifs is 2. The number of anilines is 2. The van der Waals surface area contributed by atoms with Crippen LogP contribution in [-0.2, 0) is 37.0 Å². The van der Waals surface area contributed by atoms with Gasteiger partial charge in [-0.05, 0) is 18.6 Å². The average molecular weight is 611 g/mol. The van der Waals surface area contributed by atoms with Gasteiger partial charge in [-0.25, -0.2) is 4.39 Å². The van der Waals surface area contributed by atoms with Crippen LogP contribution >= 0.6 is 11.6 Å². The maximum atomic E-state index is 15.0. The molecule has 3 aliphatic heterocycles. The highest BCUT2D eigenvalue weighted by Gasteiger charge is 2.40. The van der Waals surface area contributed by atoms with Crippen LogP contribution in [0.3, 0.4) is 0 Å². The first kappa shape index (κ1) is 28.4. The number of hydrogen-bond acceptors (Lipinski definition) is 9. The Balaban J connectivity index is 1.34. The number of nitrogen functional groups attached to an aromatic ring is 1. The molecule has 42 heavy (non-hydrogen) atoms. The Morgan fingerprint density at radius 1 is 1.21 bits per heavy atom. The molecule has 4 N–H and O–H groups in total. The summed E-state index contributed by atoms with van der Waals surface area (Å²) < 4.78 is 69.3. The van der Waals surface area contributed by atoms with Gasteiger partial charge in [0.15, 0.2) is 11.5 Å². The van der Waals surface area contributed by atoms with Crippen LogP contribution in [0, 0.1) is 5.82 Å². The third-order valence-corrected chi connectivity index (χ3v) is 8.11. The fourth-order valence-corrected chi connectivity index (χ4v) is 5.84. The summed E-state index contributed by atoms with van der Waals surface area (Å²) in [6.45, 7) is 1.92. The number of halogens is 5. The third kappa shape index (κ3) is 4.88. The van der Waals surface area contributed by atoms with Crippen LogP contribution in [0.15, 0.2) is 12.1 Å². The van der Waals surface area contributed by atoms with E-state index in [9.17, 15) is 18.0 Å².